The van der Waals surface area contributed by atoms with Gasteiger partial charge in [-0.3, -0.25) is 9.59 Å². The Labute approximate surface area is 117 Å². The van der Waals surface area contributed by atoms with Crippen molar-refractivity contribution in [2.75, 3.05) is 18.5 Å². The molecule has 0 unspecified atom stereocenters. The van der Waals surface area contributed by atoms with Crippen LogP contribution in [0, 0.1) is 0 Å². The molecular weight excluding hydrogens is 256 g/mol. The fourth-order valence-electron chi connectivity index (χ4n) is 1.74. The van der Waals surface area contributed by atoms with Gasteiger partial charge in [0.05, 0.1) is 11.8 Å². The SMILES string of the molecule is CN(C(=O)CCNC(=O)c1ccoc1)c1ccccc1. The summed E-state index contributed by atoms with van der Waals surface area (Å²) < 4.78 is 4.82. The monoisotopic (exact) mass is 272 g/mol. The normalized spacial score (nSPS) is 10.1. The van der Waals surface area contributed by atoms with Crippen LogP contribution < -0.4 is 10.2 Å². The van der Waals surface area contributed by atoms with Gasteiger partial charge >= 0.3 is 0 Å². The molecule has 5 nitrogen and oxygen atoms in total. The van der Waals surface area contributed by atoms with Crippen LogP contribution in [-0.4, -0.2) is 25.4 Å². The number of hydrogen-bond donors (Lipinski definition) is 1. The van der Waals surface area contributed by atoms with E-state index in [4.69, 9.17) is 4.42 Å². The molecule has 5 heteroatoms. The van der Waals surface area contributed by atoms with Gasteiger partial charge in [-0.25, -0.2) is 0 Å². The van der Waals surface area contributed by atoms with Gasteiger partial charge in [-0.2, -0.15) is 0 Å². The summed E-state index contributed by atoms with van der Waals surface area (Å²) in [5.41, 5.74) is 1.28. The molecule has 20 heavy (non-hydrogen) atoms. The van der Waals surface area contributed by atoms with E-state index in [9.17, 15) is 9.59 Å². The maximum absolute atomic E-state index is 12.0. The number of carbonyl (C=O) groups excluding carboxylic acids is 2. The summed E-state index contributed by atoms with van der Waals surface area (Å²) in [6.45, 7) is 0.292. The summed E-state index contributed by atoms with van der Waals surface area (Å²) in [7, 11) is 1.72. The summed E-state index contributed by atoms with van der Waals surface area (Å²) >= 11 is 0. The number of nitrogens with one attached hydrogen (secondary N) is 1. The number of nitrogens with zero attached hydrogens (tertiary/aromatic N) is 1. The first-order valence-corrected chi connectivity index (χ1v) is 6.30. The maximum atomic E-state index is 12.0. The van der Waals surface area contributed by atoms with Crippen molar-refractivity contribution in [1.29, 1.82) is 0 Å². The Hall–Kier alpha value is -2.56. The van der Waals surface area contributed by atoms with Gasteiger partial charge in [0.2, 0.25) is 5.91 Å². The molecule has 0 bridgehead atoms. The highest BCUT2D eigenvalue weighted by molar-refractivity contribution is 5.95. The predicted octanol–water partition coefficient (Wildman–Crippen LogP) is 2.06. The molecule has 0 spiro atoms. The summed E-state index contributed by atoms with van der Waals surface area (Å²) in [5.74, 6) is -0.294. The van der Waals surface area contributed by atoms with Crippen LogP contribution in [0.1, 0.15) is 16.8 Å². The van der Waals surface area contributed by atoms with Crippen molar-refractivity contribution in [3.63, 3.8) is 0 Å². The fourth-order valence-corrected chi connectivity index (χ4v) is 1.74. The topological polar surface area (TPSA) is 62.6 Å². The van der Waals surface area contributed by atoms with Crippen molar-refractivity contribution in [2.24, 2.45) is 0 Å². The third kappa shape index (κ3) is 3.47. The minimum Gasteiger partial charge on any atom is -0.472 e. The molecular formula is C15H16N2O3. The van der Waals surface area contributed by atoms with Gasteiger partial charge < -0.3 is 14.6 Å². The summed E-state index contributed by atoms with van der Waals surface area (Å²) in [6, 6.07) is 10.9. The van der Waals surface area contributed by atoms with Crippen molar-refractivity contribution in [1.82, 2.24) is 5.32 Å². The van der Waals surface area contributed by atoms with E-state index in [1.54, 1.807) is 18.0 Å². The lowest BCUT2D eigenvalue weighted by atomic mass is 10.2. The lowest BCUT2D eigenvalue weighted by Crippen LogP contribution is -2.31. The molecule has 0 saturated heterocycles. The van der Waals surface area contributed by atoms with Crippen molar-refractivity contribution in [3.8, 4) is 0 Å². The van der Waals surface area contributed by atoms with E-state index in [1.165, 1.54) is 12.5 Å². The van der Waals surface area contributed by atoms with Crippen LogP contribution >= 0.6 is 0 Å². The molecule has 2 rings (SSSR count). The third-order valence-corrected chi connectivity index (χ3v) is 2.93. The highest BCUT2D eigenvalue weighted by Crippen LogP contribution is 2.11. The van der Waals surface area contributed by atoms with Crippen LogP contribution in [0.2, 0.25) is 0 Å². The van der Waals surface area contributed by atoms with Crippen LogP contribution in [0.25, 0.3) is 0 Å². The van der Waals surface area contributed by atoms with Crippen LogP contribution in [-0.2, 0) is 4.79 Å². The minimum atomic E-state index is -0.242. The Morgan fingerprint density at radius 2 is 1.95 bits per heavy atom. The first-order chi connectivity index (χ1) is 9.68. The van der Waals surface area contributed by atoms with Gasteiger partial charge in [-0.15, -0.1) is 0 Å². The Balaban J connectivity index is 1.79. The van der Waals surface area contributed by atoms with Gasteiger partial charge in [0.25, 0.3) is 5.91 Å². The molecule has 0 atom stereocenters. The molecule has 0 saturated carbocycles. The maximum Gasteiger partial charge on any atom is 0.254 e. The number of amides is 2. The molecule has 1 aromatic carbocycles. The molecule has 2 aromatic rings. The number of anilines is 1. The molecule has 1 N–H and O–H groups in total. The van der Waals surface area contributed by atoms with E-state index < -0.39 is 0 Å². The summed E-state index contributed by atoms with van der Waals surface area (Å²) in [6.07, 6.45) is 3.05. The fraction of sp³-hybridized carbons (Fsp3) is 0.200. The molecule has 1 heterocycles. The Morgan fingerprint density at radius 3 is 2.60 bits per heavy atom. The number of para-hydroxylation sites is 1. The van der Waals surface area contributed by atoms with Gasteiger partial charge in [-0.1, -0.05) is 18.2 Å². The standard InChI is InChI=1S/C15H16N2O3/c1-17(13-5-3-2-4-6-13)14(18)7-9-16-15(19)12-8-10-20-11-12/h2-6,8,10-11H,7,9H2,1H3,(H,16,19). The van der Waals surface area contributed by atoms with Gasteiger partial charge in [0.15, 0.2) is 0 Å². The highest BCUT2D eigenvalue weighted by atomic mass is 16.3. The van der Waals surface area contributed by atoms with Crippen molar-refractivity contribution in [2.45, 2.75) is 6.42 Å². The Morgan fingerprint density at radius 1 is 1.20 bits per heavy atom. The quantitative estimate of drug-likeness (QED) is 0.906. The van der Waals surface area contributed by atoms with Crippen molar-refractivity contribution in [3.05, 3.63) is 54.5 Å². The van der Waals surface area contributed by atoms with E-state index in [0.717, 1.165) is 5.69 Å². The average molecular weight is 272 g/mol. The number of furan rings is 1. The predicted molar refractivity (Wildman–Crippen MR) is 75.5 cm³/mol. The van der Waals surface area contributed by atoms with E-state index in [2.05, 4.69) is 5.32 Å². The lowest BCUT2D eigenvalue weighted by Gasteiger charge is -2.17. The molecule has 0 aliphatic heterocycles. The number of hydrogen-bond acceptors (Lipinski definition) is 3. The average Bonchev–Trinajstić information content (AvgIpc) is 3.01. The second-order valence-corrected chi connectivity index (χ2v) is 4.31. The first-order valence-electron chi connectivity index (χ1n) is 6.30. The molecule has 0 aliphatic rings. The van der Waals surface area contributed by atoms with E-state index in [-0.39, 0.29) is 18.2 Å². The second kappa shape index (κ2) is 6.56. The van der Waals surface area contributed by atoms with Gasteiger partial charge in [0, 0.05) is 25.7 Å². The molecule has 1 aromatic heterocycles. The molecule has 0 fully saturated rings. The largest absolute Gasteiger partial charge is 0.472 e. The van der Waals surface area contributed by atoms with Gasteiger partial charge in [-0.05, 0) is 18.2 Å². The molecule has 2 amide bonds. The molecule has 0 aliphatic carbocycles. The first kappa shape index (κ1) is 13.9. The van der Waals surface area contributed by atoms with E-state index in [1.807, 2.05) is 30.3 Å². The van der Waals surface area contributed by atoms with E-state index >= 15 is 0 Å². The minimum absolute atomic E-state index is 0.0521. The number of rotatable bonds is 5. The summed E-state index contributed by atoms with van der Waals surface area (Å²) in [5, 5.41) is 2.68. The second-order valence-electron chi connectivity index (χ2n) is 4.31. The smallest absolute Gasteiger partial charge is 0.254 e. The van der Waals surface area contributed by atoms with Gasteiger partial charge in [0.1, 0.15) is 6.26 Å². The molecule has 0 radical (unpaired) electrons. The van der Waals surface area contributed by atoms with Crippen LogP contribution in [0.4, 0.5) is 5.69 Å². The van der Waals surface area contributed by atoms with Crippen molar-refractivity contribution < 1.29 is 14.0 Å². The molecule has 104 valence electrons. The third-order valence-electron chi connectivity index (χ3n) is 2.93. The number of carbonyl (C=O) groups is 2. The lowest BCUT2D eigenvalue weighted by molar-refractivity contribution is -0.118. The summed E-state index contributed by atoms with van der Waals surface area (Å²) in [4.78, 5) is 25.2. The van der Waals surface area contributed by atoms with Crippen LogP contribution in [0.3, 0.4) is 0 Å². The van der Waals surface area contributed by atoms with Crippen LogP contribution in [0.15, 0.2) is 53.3 Å². The van der Waals surface area contributed by atoms with Crippen molar-refractivity contribution >= 4 is 17.5 Å². The Kier molecular flexibility index (Phi) is 4.55. The zero-order valence-electron chi connectivity index (χ0n) is 11.2. The highest BCUT2D eigenvalue weighted by Gasteiger charge is 2.11. The Bertz CT molecular complexity index is 564. The zero-order valence-corrected chi connectivity index (χ0v) is 11.2. The number of benzene rings is 1. The zero-order chi connectivity index (χ0) is 14.4. The van der Waals surface area contributed by atoms with Crippen LogP contribution in [0.5, 0.6) is 0 Å². The van der Waals surface area contributed by atoms with E-state index in [0.29, 0.717) is 12.1 Å².